The second-order valence-electron chi connectivity index (χ2n) is 6.55. The van der Waals surface area contributed by atoms with E-state index in [2.05, 4.69) is 14.7 Å². The molecule has 0 aliphatic rings. The number of rotatable bonds is 6. The molecular formula is C19H17ClN4O5S. The van der Waals surface area contributed by atoms with Crippen molar-refractivity contribution in [1.29, 1.82) is 0 Å². The first kappa shape index (κ1) is 20.2. The zero-order valence-corrected chi connectivity index (χ0v) is 17.4. The van der Waals surface area contributed by atoms with Gasteiger partial charge in [0.2, 0.25) is 0 Å². The fourth-order valence-corrected chi connectivity index (χ4v) is 4.98. The molecule has 30 heavy (non-hydrogen) atoms. The smallest absolute Gasteiger partial charge is 0.305 e. The maximum Gasteiger partial charge on any atom is 0.305 e. The number of halogens is 1. The van der Waals surface area contributed by atoms with Crippen LogP contribution in [0.4, 0.5) is 6.01 Å². The van der Waals surface area contributed by atoms with Crippen LogP contribution in [0.5, 0.6) is 0 Å². The molecule has 2 N–H and O–H groups in total. The number of benzene rings is 1. The van der Waals surface area contributed by atoms with E-state index >= 15 is 0 Å². The predicted molar refractivity (Wildman–Crippen MR) is 111 cm³/mol. The number of hydrogen-bond donors (Lipinski definition) is 1. The van der Waals surface area contributed by atoms with Gasteiger partial charge in [-0.2, -0.15) is 4.98 Å². The molecule has 4 aromatic rings. The molecule has 4 rings (SSSR count). The lowest BCUT2D eigenvalue weighted by atomic mass is 10.2. The first-order valence-corrected chi connectivity index (χ1v) is 10.8. The van der Waals surface area contributed by atoms with E-state index in [4.69, 9.17) is 21.8 Å². The van der Waals surface area contributed by atoms with Gasteiger partial charge >= 0.3 is 5.97 Å². The molecule has 0 unspecified atom stereocenters. The minimum absolute atomic E-state index is 0.00724. The number of esters is 1. The van der Waals surface area contributed by atoms with Gasteiger partial charge in [-0.3, -0.25) is 4.79 Å². The number of nitrogens with two attached hydrogens (primary N) is 1. The third-order valence-electron chi connectivity index (χ3n) is 4.61. The normalized spacial score (nSPS) is 11.9. The summed E-state index contributed by atoms with van der Waals surface area (Å²) in [6.45, 7) is 0. The predicted octanol–water partition coefficient (Wildman–Crippen LogP) is 3.15. The highest BCUT2D eigenvalue weighted by molar-refractivity contribution is 7.90. The third-order valence-corrected chi connectivity index (χ3v) is 6.58. The highest BCUT2D eigenvalue weighted by Crippen LogP contribution is 2.29. The molecule has 0 spiro atoms. The Morgan fingerprint density at radius 3 is 2.77 bits per heavy atom. The van der Waals surface area contributed by atoms with E-state index in [1.807, 2.05) is 0 Å². The lowest BCUT2D eigenvalue weighted by Crippen LogP contribution is -2.16. The van der Waals surface area contributed by atoms with Crippen LogP contribution in [0.25, 0.3) is 22.1 Å². The number of pyridine rings is 1. The fourth-order valence-electron chi connectivity index (χ4n) is 3.25. The lowest BCUT2D eigenvalue weighted by Gasteiger charge is -2.12. The van der Waals surface area contributed by atoms with Crippen molar-refractivity contribution in [3.8, 4) is 0 Å². The summed E-state index contributed by atoms with van der Waals surface area (Å²) in [6.07, 6.45) is 0.888. The third kappa shape index (κ3) is 3.59. The molecule has 9 nitrogen and oxygen atoms in total. The Kier molecular flexibility index (Phi) is 5.12. The second kappa shape index (κ2) is 7.62. The maximum atomic E-state index is 13.5. The molecule has 11 heteroatoms. The number of methoxy groups -OCH3 is 1. The molecule has 0 saturated heterocycles. The fraction of sp³-hybridized carbons (Fsp3) is 0.211. The Hall–Kier alpha value is -3.11. The first-order chi connectivity index (χ1) is 14.3. The molecule has 0 amide bonds. The van der Waals surface area contributed by atoms with Crippen LogP contribution in [0.3, 0.4) is 0 Å². The number of ether oxygens (including phenoxy) is 1. The van der Waals surface area contributed by atoms with Crippen molar-refractivity contribution in [3.63, 3.8) is 0 Å². The summed E-state index contributed by atoms with van der Waals surface area (Å²) in [5.74, 6) is -0.366. The molecule has 3 aromatic heterocycles. The SMILES string of the molecule is COC(=O)CCCc1cc2nc(Cl)ccc2n1S(=O)(=O)c1ccc2nc(N)oc2c1. The highest BCUT2D eigenvalue weighted by Gasteiger charge is 2.25. The summed E-state index contributed by atoms with van der Waals surface area (Å²) < 4.78 is 38.2. The van der Waals surface area contributed by atoms with E-state index in [0.717, 1.165) is 0 Å². The van der Waals surface area contributed by atoms with Gasteiger partial charge in [-0.25, -0.2) is 17.4 Å². The van der Waals surface area contributed by atoms with Crippen LogP contribution < -0.4 is 5.73 Å². The molecule has 0 fully saturated rings. The van der Waals surface area contributed by atoms with Crippen molar-refractivity contribution >= 4 is 55.7 Å². The number of nitrogens with zero attached hydrogens (tertiary/aromatic N) is 3. The number of anilines is 1. The molecule has 0 aliphatic heterocycles. The van der Waals surface area contributed by atoms with E-state index in [1.165, 1.54) is 35.3 Å². The van der Waals surface area contributed by atoms with Crippen LogP contribution >= 0.6 is 11.6 Å². The largest absolute Gasteiger partial charge is 0.469 e. The molecule has 0 radical (unpaired) electrons. The van der Waals surface area contributed by atoms with E-state index < -0.39 is 10.0 Å². The van der Waals surface area contributed by atoms with Crippen LogP contribution in [0.15, 0.2) is 45.7 Å². The summed E-state index contributed by atoms with van der Waals surface area (Å²) >= 11 is 5.98. The Bertz CT molecular complexity index is 1380. The Balaban J connectivity index is 1.83. The Labute approximate surface area is 176 Å². The topological polar surface area (TPSA) is 130 Å². The molecule has 156 valence electrons. The zero-order valence-electron chi connectivity index (χ0n) is 15.8. The van der Waals surface area contributed by atoms with E-state index in [1.54, 1.807) is 12.1 Å². The number of carbonyl (C=O) groups excluding carboxylic acids is 1. The van der Waals surface area contributed by atoms with Gasteiger partial charge in [0.1, 0.15) is 10.7 Å². The van der Waals surface area contributed by atoms with Crippen LogP contribution in [0.1, 0.15) is 18.5 Å². The number of oxazole rings is 1. The van der Waals surface area contributed by atoms with E-state index in [0.29, 0.717) is 35.1 Å². The van der Waals surface area contributed by atoms with Gasteiger partial charge in [0.25, 0.3) is 16.0 Å². The zero-order chi connectivity index (χ0) is 21.5. The van der Waals surface area contributed by atoms with Gasteiger partial charge in [-0.15, -0.1) is 0 Å². The molecule has 1 aromatic carbocycles. The van der Waals surface area contributed by atoms with E-state index in [9.17, 15) is 13.2 Å². The van der Waals surface area contributed by atoms with Crippen LogP contribution in [0.2, 0.25) is 5.15 Å². The summed E-state index contributed by atoms with van der Waals surface area (Å²) in [7, 11) is -2.71. The highest BCUT2D eigenvalue weighted by atomic mass is 35.5. The van der Waals surface area contributed by atoms with Gasteiger partial charge in [0.15, 0.2) is 5.58 Å². The molecule has 3 heterocycles. The second-order valence-corrected chi connectivity index (χ2v) is 8.73. The van der Waals surface area contributed by atoms with Crippen molar-refractivity contribution in [2.75, 3.05) is 12.8 Å². The minimum atomic E-state index is -4.02. The molecule has 0 atom stereocenters. The summed E-state index contributed by atoms with van der Waals surface area (Å²) in [4.78, 5) is 19.7. The van der Waals surface area contributed by atoms with Gasteiger partial charge < -0.3 is 14.9 Å². The van der Waals surface area contributed by atoms with Crippen LogP contribution in [-0.2, 0) is 26.0 Å². The average molecular weight is 449 g/mol. The van der Waals surface area contributed by atoms with Crippen LogP contribution in [0, 0.1) is 0 Å². The van der Waals surface area contributed by atoms with Crippen molar-refractivity contribution in [3.05, 3.63) is 47.2 Å². The van der Waals surface area contributed by atoms with Crippen molar-refractivity contribution in [2.45, 2.75) is 24.2 Å². The van der Waals surface area contributed by atoms with Crippen LogP contribution in [-0.4, -0.2) is 35.4 Å². The Morgan fingerprint density at radius 1 is 1.20 bits per heavy atom. The van der Waals surface area contributed by atoms with E-state index in [-0.39, 0.29) is 34.0 Å². The Morgan fingerprint density at radius 2 is 2.00 bits per heavy atom. The number of aryl methyl sites for hydroxylation is 1. The minimum Gasteiger partial charge on any atom is -0.469 e. The van der Waals surface area contributed by atoms with Gasteiger partial charge in [-0.1, -0.05) is 11.6 Å². The monoisotopic (exact) mass is 448 g/mol. The number of hydrogen-bond acceptors (Lipinski definition) is 8. The first-order valence-electron chi connectivity index (χ1n) is 8.95. The van der Waals surface area contributed by atoms with Crippen molar-refractivity contribution in [1.82, 2.24) is 13.9 Å². The lowest BCUT2D eigenvalue weighted by molar-refractivity contribution is -0.140. The quantitative estimate of drug-likeness (QED) is 0.351. The van der Waals surface area contributed by atoms with Gasteiger partial charge in [0.05, 0.1) is 23.0 Å². The summed E-state index contributed by atoms with van der Waals surface area (Å²) in [5.41, 5.74) is 7.56. The molecule has 0 bridgehead atoms. The maximum absolute atomic E-state index is 13.5. The molecular weight excluding hydrogens is 432 g/mol. The number of carbonyl (C=O) groups is 1. The summed E-state index contributed by atoms with van der Waals surface area (Å²) in [6, 6.07) is 9.06. The average Bonchev–Trinajstić information content (AvgIpc) is 3.25. The van der Waals surface area contributed by atoms with Crippen molar-refractivity contribution < 1.29 is 22.4 Å². The molecule has 0 saturated carbocycles. The van der Waals surface area contributed by atoms with Gasteiger partial charge in [-0.05, 0) is 43.2 Å². The standard InChI is InChI=1S/C19H17ClN4O5S/c1-28-18(25)4-2-3-11-9-14-15(7-8-17(20)22-14)24(11)30(26,27)12-5-6-13-16(10-12)29-19(21)23-13/h5-10H,2-4H2,1H3,(H2,21,23). The summed E-state index contributed by atoms with van der Waals surface area (Å²) in [5, 5.41) is 0.247. The number of nitrogen functional groups attached to an aromatic ring is 1. The van der Waals surface area contributed by atoms with Gasteiger partial charge in [0, 0.05) is 18.2 Å². The number of aromatic nitrogens is 3. The van der Waals surface area contributed by atoms with Crippen molar-refractivity contribution in [2.24, 2.45) is 0 Å². The molecule has 0 aliphatic carbocycles. The number of fused-ring (bicyclic) bond motifs is 2.